The Morgan fingerprint density at radius 2 is 2.00 bits per heavy atom. The number of thiophene rings is 1. The molecule has 4 nitrogen and oxygen atoms in total. The molecule has 2 N–H and O–H groups in total. The van der Waals surface area contributed by atoms with Crippen molar-refractivity contribution in [3.63, 3.8) is 0 Å². The molecule has 0 unspecified atom stereocenters. The Morgan fingerprint density at radius 3 is 2.65 bits per heavy atom. The van der Waals surface area contributed by atoms with E-state index in [0.29, 0.717) is 4.88 Å². The number of imide groups is 1. The largest absolute Gasteiger partial charge is 0.335 e. The molecule has 1 heterocycles. The monoisotopic (exact) mass is 252 g/mol. The molecule has 1 saturated carbocycles. The van der Waals surface area contributed by atoms with Crippen LogP contribution in [0.2, 0.25) is 0 Å². The molecule has 1 aromatic heterocycles. The summed E-state index contributed by atoms with van der Waals surface area (Å²) in [6, 6.07) is 3.34. The van der Waals surface area contributed by atoms with Gasteiger partial charge in [0.15, 0.2) is 0 Å². The molecule has 1 fully saturated rings. The minimum atomic E-state index is -0.379. The van der Waals surface area contributed by atoms with E-state index in [1.165, 1.54) is 17.8 Å². The predicted octanol–water partition coefficient (Wildman–Crippen LogP) is 2.52. The van der Waals surface area contributed by atoms with Crippen molar-refractivity contribution in [3.05, 3.63) is 22.4 Å². The second kappa shape index (κ2) is 5.82. The zero-order valence-corrected chi connectivity index (χ0v) is 10.4. The first-order valence-electron chi connectivity index (χ1n) is 5.91. The van der Waals surface area contributed by atoms with E-state index in [2.05, 4.69) is 10.6 Å². The normalized spacial score (nSPS) is 16.5. The van der Waals surface area contributed by atoms with Crippen LogP contribution in [0.4, 0.5) is 4.79 Å². The minimum Gasteiger partial charge on any atom is -0.335 e. The van der Waals surface area contributed by atoms with Crippen LogP contribution in [0.5, 0.6) is 0 Å². The Labute approximate surface area is 104 Å². The number of nitrogens with one attached hydrogen (secondary N) is 2. The summed E-state index contributed by atoms with van der Waals surface area (Å²) in [5, 5.41) is 7.01. The van der Waals surface area contributed by atoms with Crippen molar-refractivity contribution in [3.8, 4) is 0 Å². The first kappa shape index (κ1) is 12.1. The van der Waals surface area contributed by atoms with Crippen molar-refractivity contribution in [2.45, 2.75) is 38.1 Å². The minimum absolute atomic E-state index is 0.222. The summed E-state index contributed by atoms with van der Waals surface area (Å²) >= 11 is 1.33. The molecule has 0 bridgehead atoms. The summed E-state index contributed by atoms with van der Waals surface area (Å²) in [5.74, 6) is -0.326. The quantitative estimate of drug-likeness (QED) is 0.849. The van der Waals surface area contributed by atoms with Crippen molar-refractivity contribution in [2.24, 2.45) is 0 Å². The Morgan fingerprint density at radius 1 is 1.24 bits per heavy atom. The number of hydrogen-bond donors (Lipinski definition) is 2. The van der Waals surface area contributed by atoms with Crippen LogP contribution >= 0.6 is 11.3 Å². The highest BCUT2D eigenvalue weighted by molar-refractivity contribution is 7.12. The Balaban J connectivity index is 1.78. The van der Waals surface area contributed by atoms with E-state index in [4.69, 9.17) is 0 Å². The van der Waals surface area contributed by atoms with Gasteiger partial charge in [-0.2, -0.15) is 0 Å². The smallest absolute Gasteiger partial charge is 0.321 e. The molecular formula is C12H16N2O2S. The Bertz CT molecular complexity index is 383. The lowest BCUT2D eigenvalue weighted by atomic mass is 9.96. The van der Waals surface area contributed by atoms with Crippen molar-refractivity contribution in [1.82, 2.24) is 10.6 Å². The van der Waals surface area contributed by atoms with Crippen LogP contribution in [-0.2, 0) is 0 Å². The van der Waals surface area contributed by atoms with Crippen molar-refractivity contribution in [1.29, 1.82) is 0 Å². The van der Waals surface area contributed by atoms with E-state index in [1.54, 1.807) is 12.1 Å². The van der Waals surface area contributed by atoms with Gasteiger partial charge in [0.2, 0.25) is 0 Å². The maximum absolute atomic E-state index is 11.6. The summed E-state index contributed by atoms with van der Waals surface area (Å²) in [7, 11) is 0. The van der Waals surface area contributed by atoms with Crippen LogP contribution in [0.1, 0.15) is 41.8 Å². The third-order valence-electron chi connectivity index (χ3n) is 2.91. The molecule has 0 saturated heterocycles. The fourth-order valence-electron chi connectivity index (χ4n) is 2.04. The van der Waals surface area contributed by atoms with Gasteiger partial charge in [-0.15, -0.1) is 11.3 Å². The molecule has 1 aliphatic carbocycles. The topological polar surface area (TPSA) is 58.2 Å². The molecule has 0 aromatic carbocycles. The summed E-state index contributed by atoms with van der Waals surface area (Å²) in [6.07, 6.45) is 5.59. The number of hydrogen-bond acceptors (Lipinski definition) is 3. The highest BCUT2D eigenvalue weighted by Gasteiger charge is 2.17. The van der Waals surface area contributed by atoms with Crippen LogP contribution < -0.4 is 10.6 Å². The fraction of sp³-hybridized carbons (Fsp3) is 0.500. The van der Waals surface area contributed by atoms with Crippen LogP contribution in [-0.4, -0.2) is 18.0 Å². The Kier molecular flexibility index (Phi) is 4.14. The molecule has 0 spiro atoms. The second-order valence-corrected chi connectivity index (χ2v) is 5.19. The number of carbonyl (C=O) groups is 2. The predicted molar refractivity (Wildman–Crippen MR) is 67.2 cm³/mol. The number of amides is 3. The van der Waals surface area contributed by atoms with Gasteiger partial charge in [0, 0.05) is 6.04 Å². The van der Waals surface area contributed by atoms with Crippen LogP contribution in [0, 0.1) is 0 Å². The van der Waals surface area contributed by atoms with Crippen LogP contribution in [0.3, 0.4) is 0 Å². The zero-order valence-electron chi connectivity index (χ0n) is 9.57. The zero-order chi connectivity index (χ0) is 12.1. The van der Waals surface area contributed by atoms with Gasteiger partial charge in [-0.1, -0.05) is 25.3 Å². The number of rotatable bonds is 2. The highest BCUT2D eigenvalue weighted by Crippen LogP contribution is 2.17. The van der Waals surface area contributed by atoms with Gasteiger partial charge in [-0.25, -0.2) is 4.79 Å². The van der Waals surface area contributed by atoms with Crippen molar-refractivity contribution < 1.29 is 9.59 Å². The summed E-state index contributed by atoms with van der Waals surface area (Å²) in [5.41, 5.74) is 0. The van der Waals surface area contributed by atoms with E-state index in [-0.39, 0.29) is 18.0 Å². The summed E-state index contributed by atoms with van der Waals surface area (Å²) in [4.78, 5) is 23.7. The molecule has 0 radical (unpaired) electrons. The van der Waals surface area contributed by atoms with Gasteiger partial charge in [0.05, 0.1) is 4.88 Å². The van der Waals surface area contributed by atoms with Crippen LogP contribution in [0.25, 0.3) is 0 Å². The van der Waals surface area contributed by atoms with E-state index in [1.807, 2.05) is 5.38 Å². The van der Waals surface area contributed by atoms with Crippen molar-refractivity contribution >= 4 is 23.3 Å². The first-order chi connectivity index (χ1) is 8.25. The maximum atomic E-state index is 11.6. The molecule has 17 heavy (non-hydrogen) atoms. The van der Waals surface area contributed by atoms with E-state index in [0.717, 1.165) is 25.7 Å². The summed E-state index contributed by atoms with van der Waals surface area (Å²) in [6.45, 7) is 0. The average Bonchev–Trinajstić information content (AvgIpc) is 2.83. The summed E-state index contributed by atoms with van der Waals surface area (Å²) < 4.78 is 0. The third kappa shape index (κ3) is 3.56. The standard InChI is InChI=1S/C12H16N2O2S/c15-11(10-7-4-8-17-10)14-12(16)13-9-5-2-1-3-6-9/h4,7-9H,1-3,5-6H2,(H2,13,14,15,16). The van der Waals surface area contributed by atoms with Crippen LogP contribution in [0.15, 0.2) is 17.5 Å². The molecular weight excluding hydrogens is 236 g/mol. The molecule has 3 amide bonds. The van der Waals surface area contributed by atoms with Crippen molar-refractivity contribution in [2.75, 3.05) is 0 Å². The molecule has 2 rings (SSSR count). The average molecular weight is 252 g/mol. The molecule has 92 valence electrons. The van der Waals surface area contributed by atoms with E-state index < -0.39 is 0 Å². The van der Waals surface area contributed by atoms with Gasteiger partial charge in [-0.05, 0) is 24.3 Å². The lowest BCUT2D eigenvalue weighted by Crippen LogP contribution is -2.45. The molecule has 1 aliphatic rings. The SMILES string of the molecule is O=C(NC(=O)c1cccs1)NC1CCCCC1. The highest BCUT2D eigenvalue weighted by atomic mass is 32.1. The van der Waals surface area contributed by atoms with E-state index >= 15 is 0 Å². The number of urea groups is 1. The van der Waals surface area contributed by atoms with Gasteiger partial charge < -0.3 is 5.32 Å². The maximum Gasteiger partial charge on any atom is 0.321 e. The number of carbonyl (C=O) groups excluding carboxylic acids is 2. The van der Waals surface area contributed by atoms with Gasteiger partial charge in [-0.3, -0.25) is 10.1 Å². The first-order valence-corrected chi connectivity index (χ1v) is 6.79. The molecule has 1 aromatic rings. The van der Waals surface area contributed by atoms with Gasteiger partial charge in [0.1, 0.15) is 0 Å². The van der Waals surface area contributed by atoms with E-state index in [9.17, 15) is 9.59 Å². The molecule has 0 atom stereocenters. The molecule has 5 heteroatoms. The lowest BCUT2D eigenvalue weighted by Gasteiger charge is -2.22. The Hall–Kier alpha value is -1.36. The van der Waals surface area contributed by atoms with Gasteiger partial charge >= 0.3 is 6.03 Å². The molecule has 0 aliphatic heterocycles. The van der Waals surface area contributed by atoms with Gasteiger partial charge in [0.25, 0.3) is 5.91 Å². The fourth-order valence-corrected chi connectivity index (χ4v) is 2.66. The second-order valence-electron chi connectivity index (χ2n) is 4.24. The third-order valence-corrected chi connectivity index (χ3v) is 3.78. The lowest BCUT2D eigenvalue weighted by molar-refractivity contribution is 0.0967.